The number of rotatable bonds is 3. The van der Waals surface area contributed by atoms with E-state index in [4.69, 9.17) is 9.47 Å². The van der Waals surface area contributed by atoms with Crippen LogP contribution in [-0.4, -0.2) is 79.4 Å². The van der Waals surface area contributed by atoms with Gasteiger partial charge in [-0.2, -0.15) is 0 Å². The zero-order chi connectivity index (χ0) is 17.9. The fourth-order valence-electron chi connectivity index (χ4n) is 3.35. The highest BCUT2D eigenvalue weighted by Crippen LogP contribution is 2.19. The normalized spacial score (nSPS) is 23.7. The van der Waals surface area contributed by atoms with Gasteiger partial charge in [0.2, 0.25) is 0 Å². The van der Waals surface area contributed by atoms with Crippen LogP contribution in [0.5, 0.6) is 0 Å². The van der Waals surface area contributed by atoms with Gasteiger partial charge in [-0.25, -0.2) is 4.79 Å². The third-order valence-electron chi connectivity index (χ3n) is 4.64. The molecule has 0 spiro atoms. The standard InChI is InChI=1S/C18H30N4O3/c1-18(2,3)25-17(23)21-8-9-22-15(13-21)12-20-16(22)19-7-4-14-5-10-24-11-6-14/h5,15H,4,6-13H2,1-3H3,(H,19,20). The van der Waals surface area contributed by atoms with Crippen LogP contribution in [0.1, 0.15) is 33.6 Å². The Morgan fingerprint density at radius 1 is 1.44 bits per heavy atom. The predicted octanol–water partition coefficient (Wildman–Crippen LogP) is 1.60. The summed E-state index contributed by atoms with van der Waals surface area (Å²) in [4.78, 5) is 21.0. The minimum Gasteiger partial charge on any atom is -0.444 e. The first kappa shape index (κ1) is 18.0. The summed E-state index contributed by atoms with van der Waals surface area (Å²) in [6.07, 6.45) is 4.03. The highest BCUT2D eigenvalue weighted by molar-refractivity contribution is 5.82. The molecule has 1 N–H and O–H groups in total. The van der Waals surface area contributed by atoms with Crippen molar-refractivity contribution in [3.05, 3.63) is 11.6 Å². The quantitative estimate of drug-likeness (QED) is 0.783. The number of ether oxygens (including phenoxy) is 2. The Balaban J connectivity index is 1.44. The number of amides is 1. The summed E-state index contributed by atoms with van der Waals surface area (Å²) in [7, 11) is 0. The molecule has 0 bridgehead atoms. The van der Waals surface area contributed by atoms with Crippen LogP contribution in [0.3, 0.4) is 0 Å². The number of nitrogens with zero attached hydrogens (tertiary/aromatic N) is 3. The summed E-state index contributed by atoms with van der Waals surface area (Å²) in [6, 6.07) is 0.256. The highest BCUT2D eigenvalue weighted by atomic mass is 16.6. The molecule has 25 heavy (non-hydrogen) atoms. The van der Waals surface area contributed by atoms with Gasteiger partial charge in [-0.15, -0.1) is 0 Å². The lowest BCUT2D eigenvalue weighted by atomic mass is 10.1. The van der Waals surface area contributed by atoms with Crippen molar-refractivity contribution in [3.8, 4) is 0 Å². The van der Waals surface area contributed by atoms with E-state index in [1.54, 1.807) is 4.90 Å². The molecule has 0 aliphatic carbocycles. The van der Waals surface area contributed by atoms with E-state index in [0.29, 0.717) is 13.1 Å². The molecular weight excluding hydrogens is 320 g/mol. The van der Waals surface area contributed by atoms with Crippen molar-refractivity contribution in [1.82, 2.24) is 15.1 Å². The zero-order valence-electron chi connectivity index (χ0n) is 15.6. The lowest BCUT2D eigenvalue weighted by Gasteiger charge is -2.39. The number of carbonyl (C=O) groups excluding carboxylic acids is 1. The van der Waals surface area contributed by atoms with Gasteiger partial charge in [-0.1, -0.05) is 11.6 Å². The molecule has 1 atom stereocenters. The Kier molecular flexibility index (Phi) is 5.51. The molecule has 7 nitrogen and oxygen atoms in total. The summed E-state index contributed by atoms with van der Waals surface area (Å²) in [5.74, 6) is 0.974. The Bertz CT molecular complexity index is 553. The van der Waals surface area contributed by atoms with Crippen molar-refractivity contribution in [3.63, 3.8) is 0 Å². The second-order valence-electron chi connectivity index (χ2n) is 7.80. The molecule has 140 valence electrons. The molecular formula is C18H30N4O3. The van der Waals surface area contributed by atoms with E-state index < -0.39 is 5.60 Å². The Morgan fingerprint density at radius 2 is 2.28 bits per heavy atom. The lowest BCUT2D eigenvalue weighted by molar-refractivity contribution is 0.0137. The lowest BCUT2D eigenvalue weighted by Crippen LogP contribution is -2.57. The second kappa shape index (κ2) is 7.64. The van der Waals surface area contributed by atoms with Gasteiger partial charge in [0.05, 0.1) is 25.8 Å². The van der Waals surface area contributed by atoms with Crippen LogP contribution in [-0.2, 0) is 9.47 Å². The maximum atomic E-state index is 12.2. The molecule has 3 aliphatic rings. The van der Waals surface area contributed by atoms with Gasteiger partial charge < -0.3 is 24.6 Å². The Hall–Kier alpha value is -1.76. The van der Waals surface area contributed by atoms with Crippen LogP contribution in [0.25, 0.3) is 0 Å². The van der Waals surface area contributed by atoms with Gasteiger partial charge in [0.15, 0.2) is 5.96 Å². The smallest absolute Gasteiger partial charge is 0.410 e. The molecule has 3 rings (SSSR count). The zero-order valence-corrected chi connectivity index (χ0v) is 15.6. The molecule has 7 heteroatoms. The summed E-state index contributed by atoms with van der Waals surface area (Å²) in [6.45, 7) is 11.0. The van der Waals surface area contributed by atoms with Crippen molar-refractivity contribution >= 4 is 12.1 Å². The van der Waals surface area contributed by atoms with E-state index in [1.807, 2.05) is 20.8 Å². The average Bonchev–Trinajstić information content (AvgIpc) is 2.97. The van der Waals surface area contributed by atoms with Crippen LogP contribution in [0.15, 0.2) is 16.6 Å². The molecule has 0 aromatic carbocycles. The van der Waals surface area contributed by atoms with Crippen LogP contribution in [0.2, 0.25) is 0 Å². The Labute approximate surface area is 150 Å². The van der Waals surface area contributed by atoms with Crippen LogP contribution in [0, 0.1) is 0 Å². The van der Waals surface area contributed by atoms with E-state index in [9.17, 15) is 4.79 Å². The summed E-state index contributed by atoms with van der Waals surface area (Å²) < 4.78 is 10.8. The SMILES string of the molecule is CC(C)(C)OC(=O)N1CCN2C(NCCC3=CCOCC3)=NCC2C1. The molecule has 3 heterocycles. The number of guanidine groups is 1. The van der Waals surface area contributed by atoms with Crippen LogP contribution < -0.4 is 5.32 Å². The molecule has 1 saturated heterocycles. The molecule has 1 unspecified atom stereocenters. The summed E-state index contributed by atoms with van der Waals surface area (Å²) in [5, 5.41) is 3.47. The van der Waals surface area contributed by atoms with E-state index >= 15 is 0 Å². The van der Waals surface area contributed by atoms with Crippen molar-refractivity contribution in [2.45, 2.75) is 45.3 Å². The van der Waals surface area contributed by atoms with Gasteiger partial charge in [0.25, 0.3) is 0 Å². The number of hydrogen-bond acceptors (Lipinski definition) is 6. The fraction of sp³-hybridized carbons (Fsp3) is 0.778. The average molecular weight is 350 g/mol. The monoisotopic (exact) mass is 350 g/mol. The maximum Gasteiger partial charge on any atom is 0.410 e. The largest absolute Gasteiger partial charge is 0.444 e. The first-order valence-electron chi connectivity index (χ1n) is 9.21. The van der Waals surface area contributed by atoms with Crippen molar-refractivity contribution in [1.29, 1.82) is 0 Å². The van der Waals surface area contributed by atoms with Crippen LogP contribution in [0.4, 0.5) is 4.79 Å². The summed E-state index contributed by atoms with van der Waals surface area (Å²) in [5.41, 5.74) is 1.01. The number of nitrogens with one attached hydrogen (secondary N) is 1. The molecule has 0 aromatic heterocycles. The molecule has 1 fully saturated rings. The predicted molar refractivity (Wildman–Crippen MR) is 96.7 cm³/mol. The number of aliphatic imine (C=N–C) groups is 1. The van der Waals surface area contributed by atoms with Gasteiger partial charge in [0.1, 0.15) is 5.60 Å². The maximum absolute atomic E-state index is 12.2. The van der Waals surface area contributed by atoms with Gasteiger partial charge in [-0.05, 0) is 33.6 Å². The number of hydrogen-bond donors (Lipinski definition) is 1. The molecule has 0 radical (unpaired) electrons. The third-order valence-corrected chi connectivity index (χ3v) is 4.64. The van der Waals surface area contributed by atoms with Gasteiger partial charge >= 0.3 is 6.09 Å². The van der Waals surface area contributed by atoms with Crippen molar-refractivity contribution in [2.75, 3.05) is 45.9 Å². The minimum absolute atomic E-state index is 0.222. The number of fused-ring (bicyclic) bond motifs is 1. The minimum atomic E-state index is -0.452. The van der Waals surface area contributed by atoms with Crippen molar-refractivity contribution < 1.29 is 14.3 Å². The van der Waals surface area contributed by atoms with E-state index in [-0.39, 0.29) is 12.1 Å². The summed E-state index contributed by atoms with van der Waals surface area (Å²) >= 11 is 0. The molecule has 1 amide bonds. The first-order valence-corrected chi connectivity index (χ1v) is 9.21. The van der Waals surface area contributed by atoms with Gasteiger partial charge in [-0.3, -0.25) is 4.99 Å². The molecule has 3 aliphatic heterocycles. The fourth-order valence-corrected chi connectivity index (χ4v) is 3.35. The second-order valence-corrected chi connectivity index (χ2v) is 7.80. The molecule has 0 aromatic rings. The molecule has 0 saturated carbocycles. The van der Waals surface area contributed by atoms with Gasteiger partial charge in [0, 0.05) is 26.2 Å². The Morgan fingerprint density at radius 3 is 3.00 bits per heavy atom. The first-order chi connectivity index (χ1) is 11.9. The number of carbonyl (C=O) groups is 1. The highest BCUT2D eigenvalue weighted by Gasteiger charge is 2.36. The third kappa shape index (κ3) is 4.87. The number of piperazine rings is 1. The van der Waals surface area contributed by atoms with Crippen LogP contribution >= 0.6 is 0 Å². The topological polar surface area (TPSA) is 66.4 Å². The van der Waals surface area contributed by atoms with E-state index in [2.05, 4.69) is 21.3 Å². The van der Waals surface area contributed by atoms with Crippen molar-refractivity contribution in [2.24, 2.45) is 4.99 Å². The van der Waals surface area contributed by atoms with E-state index in [0.717, 1.165) is 51.6 Å². The van der Waals surface area contributed by atoms with E-state index in [1.165, 1.54) is 5.57 Å².